The first kappa shape index (κ1) is 22.9. The lowest BCUT2D eigenvalue weighted by molar-refractivity contribution is -0.150. The van der Waals surface area contributed by atoms with Crippen LogP contribution in [0, 0.1) is 19.8 Å². The fraction of sp³-hybridized carbons (Fsp3) is 0.348. The summed E-state index contributed by atoms with van der Waals surface area (Å²) in [6.45, 7) is 6.96. The summed E-state index contributed by atoms with van der Waals surface area (Å²) in [7, 11) is 0. The molecule has 0 unspecified atom stereocenters. The van der Waals surface area contributed by atoms with Gasteiger partial charge in [0, 0.05) is 5.69 Å². The Balaban J connectivity index is 1.84. The normalized spacial score (nSPS) is 11.5. The maximum absolute atomic E-state index is 12.4. The smallest absolute Gasteiger partial charge is 0.408 e. The highest BCUT2D eigenvalue weighted by Crippen LogP contribution is 2.16. The van der Waals surface area contributed by atoms with Gasteiger partial charge in [0.25, 0.3) is 5.91 Å². The van der Waals surface area contributed by atoms with Gasteiger partial charge in [0.05, 0.1) is 0 Å². The minimum Gasteiger partial charge on any atom is -0.454 e. The number of carbonyl (C=O) groups is 3. The zero-order valence-corrected chi connectivity index (χ0v) is 17.7. The maximum Gasteiger partial charge on any atom is 0.408 e. The number of rotatable bonds is 8. The van der Waals surface area contributed by atoms with Crippen LogP contribution < -0.4 is 10.6 Å². The van der Waals surface area contributed by atoms with Gasteiger partial charge in [0.2, 0.25) is 0 Å². The van der Waals surface area contributed by atoms with E-state index in [2.05, 4.69) is 10.6 Å². The minimum absolute atomic E-state index is 0.0881. The Hall–Kier alpha value is -3.35. The number of esters is 1. The molecule has 0 heterocycles. The molecule has 160 valence electrons. The summed E-state index contributed by atoms with van der Waals surface area (Å²) in [4.78, 5) is 36.6. The highest BCUT2D eigenvalue weighted by atomic mass is 16.6. The molecule has 2 N–H and O–H groups in total. The Morgan fingerprint density at radius 1 is 0.967 bits per heavy atom. The minimum atomic E-state index is -0.929. The first-order valence-corrected chi connectivity index (χ1v) is 9.77. The molecule has 30 heavy (non-hydrogen) atoms. The molecule has 2 aromatic rings. The predicted octanol–water partition coefficient (Wildman–Crippen LogP) is 3.74. The first-order chi connectivity index (χ1) is 14.3. The summed E-state index contributed by atoms with van der Waals surface area (Å²) in [6, 6.07) is 14.0. The fourth-order valence-electron chi connectivity index (χ4n) is 2.67. The van der Waals surface area contributed by atoms with Gasteiger partial charge in [0.15, 0.2) is 6.61 Å². The van der Waals surface area contributed by atoms with E-state index in [0.717, 1.165) is 16.7 Å². The second-order valence-electron chi connectivity index (χ2n) is 7.40. The molecule has 0 aliphatic heterocycles. The van der Waals surface area contributed by atoms with Crippen LogP contribution >= 0.6 is 0 Å². The van der Waals surface area contributed by atoms with Crippen molar-refractivity contribution in [2.75, 3.05) is 11.9 Å². The largest absolute Gasteiger partial charge is 0.454 e. The van der Waals surface area contributed by atoms with Crippen LogP contribution in [0.4, 0.5) is 10.5 Å². The molecule has 0 saturated carbocycles. The lowest BCUT2D eigenvalue weighted by Gasteiger charge is -2.20. The van der Waals surface area contributed by atoms with E-state index in [-0.39, 0.29) is 12.5 Å². The summed E-state index contributed by atoms with van der Waals surface area (Å²) in [5.41, 5.74) is 3.41. The van der Waals surface area contributed by atoms with Crippen LogP contribution in [0.3, 0.4) is 0 Å². The molecule has 0 aliphatic carbocycles. The molecule has 0 aromatic heterocycles. The van der Waals surface area contributed by atoms with E-state index in [0.29, 0.717) is 5.69 Å². The van der Waals surface area contributed by atoms with Crippen LogP contribution in [-0.2, 0) is 25.7 Å². The second-order valence-corrected chi connectivity index (χ2v) is 7.40. The molecular formula is C23H28N2O5. The number of benzene rings is 2. The van der Waals surface area contributed by atoms with Crippen LogP contribution in [0.25, 0.3) is 0 Å². The van der Waals surface area contributed by atoms with E-state index in [1.54, 1.807) is 13.8 Å². The van der Waals surface area contributed by atoms with Crippen LogP contribution in [0.2, 0.25) is 0 Å². The van der Waals surface area contributed by atoms with Crippen molar-refractivity contribution in [3.8, 4) is 0 Å². The van der Waals surface area contributed by atoms with Crippen LogP contribution in [0.5, 0.6) is 0 Å². The van der Waals surface area contributed by atoms with Gasteiger partial charge in [-0.2, -0.15) is 0 Å². The van der Waals surface area contributed by atoms with Crippen molar-refractivity contribution in [2.24, 2.45) is 5.92 Å². The zero-order valence-electron chi connectivity index (χ0n) is 17.7. The lowest BCUT2D eigenvalue weighted by atomic mass is 10.1. The third-order valence-corrected chi connectivity index (χ3v) is 4.42. The number of nitrogens with one attached hydrogen (secondary N) is 2. The average molecular weight is 412 g/mol. The monoisotopic (exact) mass is 412 g/mol. The summed E-state index contributed by atoms with van der Waals surface area (Å²) in [5.74, 6) is -1.40. The molecule has 1 atom stereocenters. The van der Waals surface area contributed by atoms with Crippen LogP contribution in [-0.4, -0.2) is 30.6 Å². The van der Waals surface area contributed by atoms with Crippen LogP contribution in [0.15, 0.2) is 48.5 Å². The SMILES string of the molecule is Cc1ccc(C)c(NC(=O)COC(=O)[C@@H](NC(=O)OCc2ccccc2)C(C)C)c1. The van der Waals surface area contributed by atoms with E-state index in [1.165, 1.54) is 0 Å². The molecule has 2 rings (SSSR count). The van der Waals surface area contributed by atoms with Gasteiger partial charge in [-0.25, -0.2) is 9.59 Å². The number of alkyl carbamates (subject to hydrolysis) is 1. The van der Waals surface area contributed by atoms with Gasteiger partial charge < -0.3 is 20.1 Å². The number of amides is 2. The number of ether oxygens (including phenoxy) is 2. The molecule has 7 heteroatoms. The maximum atomic E-state index is 12.4. The predicted molar refractivity (Wildman–Crippen MR) is 114 cm³/mol. The Bertz CT molecular complexity index is 880. The van der Waals surface area contributed by atoms with Gasteiger partial charge in [0.1, 0.15) is 12.6 Å². The number of anilines is 1. The summed E-state index contributed by atoms with van der Waals surface area (Å²) >= 11 is 0. The van der Waals surface area contributed by atoms with E-state index in [1.807, 2.05) is 62.4 Å². The molecule has 0 radical (unpaired) electrons. The van der Waals surface area contributed by atoms with E-state index in [4.69, 9.17) is 9.47 Å². The Kier molecular flexibility index (Phi) is 8.41. The van der Waals surface area contributed by atoms with E-state index < -0.39 is 30.6 Å². The van der Waals surface area contributed by atoms with E-state index in [9.17, 15) is 14.4 Å². The Morgan fingerprint density at radius 3 is 2.33 bits per heavy atom. The number of carbonyl (C=O) groups excluding carboxylic acids is 3. The van der Waals surface area contributed by atoms with Gasteiger partial charge >= 0.3 is 12.1 Å². The molecule has 2 amide bonds. The van der Waals surface area contributed by atoms with Gasteiger partial charge in [-0.3, -0.25) is 4.79 Å². The molecule has 0 fully saturated rings. The van der Waals surface area contributed by atoms with Gasteiger partial charge in [-0.05, 0) is 42.5 Å². The quantitative estimate of drug-likeness (QED) is 0.644. The van der Waals surface area contributed by atoms with Crippen molar-refractivity contribution in [3.05, 3.63) is 65.2 Å². The van der Waals surface area contributed by atoms with Gasteiger partial charge in [-0.1, -0.05) is 56.3 Å². The van der Waals surface area contributed by atoms with Crippen LogP contribution in [0.1, 0.15) is 30.5 Å². The van der Waals surface area contributed by atoms with Gasteiger partial charge in [-0.15, -0.1) is 0 Å². The third-order valence-electron chi connectivity index (χ3n) is 4.42. The number of hydrogen-bond acceptors (Lipinski definition) is 5. The summed E-state index contributed by atoms with van der Waals surface area (Å²) in [5, 5.41) is 5.23. The van der Waals surface area contributed by atoms with Crippen molar-refractivity contribution >= 4 is 23.7 Å². The lowest BCUT2D eigenvalue weighted by Crippen LogP contribution is -2.46. The van der Waals surface area contributed by atoms with Crippen molar-refractivity contribution in [1.29, 1.82) is 0 Å². The second kappa shape index (κ2) is 11.0. The molecule has 0 spiro atoms. The first-order valence-electron chi connectivity index (χ1n) is 9.77. The zero-order chi connectivity index (χ0) is 22.1. The molecule has 2 aromatic carbocycles. The van der Waals surface area contributed by atoms with Crippen molar-refractivity contribution < 1.29 is 23.9 Å². The molecule has 0 bridgehead atoms. The number of hydrogen-bond donors (Lipinski definition) is 2. The molecule has 0 aliphatic rings. The summed E-state index contributed by atoms with van der Waals surface area (Å²) < 4.78 is 10.3. The highest BCUT2D eigenvalue weighted by molar-refractivity contribution is 5.94. The fourth-order valence-corrected chi connectivity index (χ4v) is 2.67. The number of aryl methyl sites for hydroxylation is 2. The Morgan fingerprint density at radius 2 is 1.67 bits per heavy atom. The molecular weight excluding hydrogens is 384 g/mol. The van der Waals surface area contributed by atoms with Crippen molar-refractivity contribution in [3.63, 3.8) is 0 Å². The average Bonchev–Trinajstić information content (AvgIpc) is 2.72. The Labute approximate surface area is 176 Å². The van der Waals surface area contributed by atoms with E-state index >= 15 is 0 Å². The molecule has 7 nitrogen and oxygen atoms in total. The standard InChI is InChI=1S/C23H28N2O5/c1-15(2)21(25-23(28)30-13-18-8-6-5-7-9-18)22(27)29-14-20(26)24-19-12-16(3)10-11-17(19)4/h5-12,15,21H,13-14H2,1-4H3,(H,24,26)(H,25,28)/t21-/m0/s1. The van der Waals surface area contributed by atoms with Crippen molar-refractivity contribution in [1.82, 2.24) is 5.32 Å². The topological polar surface area (TPSA) is 93.7 Å². The van der Waals surface area contributed by atoms with Crippen molar-refractivity contribution in [2.45, 2.75) is 40.3 Å². The summed E-state index contributed by atoms with van der Waals surface area (Å²) in [6.07, 6.45) is -0.727. The third kappa shape index (κ3) is 7.24. The highest BCUT2D eigenvalue weighted by Gasteiger charge is 2.27. The molecule has 0 saturated heterocycles.